The second-order valence-corrected chi connectivity index (χ2v) is 7.39. The number of amides is 1. The molecule has 0 saturated heterocycles. The average molecular weight is 451 g/mol. The zero-order chi connectivity index (χ0) is 23.2. The van der Waals surface area contributed by atoms with Gasteiger partial charge in [0.25, 0.3) is 5.91 Å². The summed E-state index contributed by atoms with van der Waals surface area (Å²) < 4.78 is 34.6. The van der Waals surface area contributed by atoms with Crippen molar-refractivity contribution in [2.24, 2.45) is 0 Å². The summed E-state index contributed by atoms with van der Waals surface area (Å²) in [5.41, 5.74) is 1.77. The summed E-state index contributed by atoms with van der Waals surface area (Å²) in [5, 5.41) is 2.79. The summed E-state index contributed by atoms with van der Waals surface area (Å²) in [6, 6.07) is 17.5. The SMILES string of the molecule is CC(NC(=O)COC(=O)c1ccccc1OCc1ccc(F)cc1)c1ccc2c(c1)OCO2. The molecule has 0 aliphatic carbocycles. The molecule has 7 nitrogen and oxygen atoms in total. The van der Waals surface area contributed by atoms with Gasteiger partial charge in [-0.25, -0.2) is 9.18 Å². The van der Waals surface area contributed by atoms with Gasteiger partial charge in [-0.1, -0.05) is 30.3 Å². The fourth-order valence-electron chi connectivity index (χ4n) is 3.26. The van der Waals surface area contributed by atoms with Crippen LogP contribution in [0.5, 0.6) is 17.2 Å². The lowest BCUT2D eigenvalue weighted by Crippen LogP contribution is -2.31. The van der Waals surface area contributed by atoms with E-state index in [0.717, 1.165) is 11.1 Å². The molecular weight excluding hydrogens is 429 g/mol. The van der Waals surface area contributed by atoms with E-state index >= 15 is 0 Å². The number of benzene rings is 3. The first kappa shape index (κ1) is 22.1. The molecule has 1 atom stereocenters. The first-order chi connectivity index (χ1) is 16.0. The largest absolute Gasteiger partial charge is 0.488 e. The Bertz CT molecular complexity index is 1150. The molecular formula is C25H22FNO6. The molecule has 1 unspecified atom stereocenters. The lowest BCUT2D eigenvalue weighted by Gasteiger charge is -2.15. The Morgan fingerprint density at radius 1 is 1.03 bits per heavy atom. The molecule has 0 fully saturated rings. The van der Waals surface area contributed by atoms with Gasteiger partial charge in [-0.05, 0) is 54.4 Å². The summed E-state index contributed by atoms with van der Waals surface area (Å²) in [6.07, 6.45) is 0. The molecule has 0 spiro atoms. The van der Waals surface area contributed by atoms with Crippen LogP contribution < -0.4 is 19.5 Å². The van der Waals surface area contributed by atoms with Gasteiger partial charge in [-0.2, -0.15) is 0 Å². The molecule has 1 heterocycles. The smallest absolute Gasteiger partial charge is 0.342 e. The zero-order valence-electron chi connectivity index (χ0n) is 17.9. The van der Waals surface area contributed by atoms with Gasteiger partial charge < -0.3 is 24.3 Å². The van der Waals surface area contributed by atoms with Crippen LogP contribution in [0.15, 0.2) is 66.7 Å². The molecule has 1 N–H and O–H groups in total. The Morgan fingerprint density at radius 2 is 1.79 bits per heavy atom. The second kappa shape index (κ2) is 10.0. The number of rotatable bonds is 8. The van der Waals surface area contributed by atoms with E-state index in [4.69, 9.17) is 18.9 Å². The van der Waals surface area contributed by atoms with Crippen molar-refractivity contribution in [1.29, 1.82) is 0 Å². The van der Waals surface area contributed by atoms with Crippen molar-refractivity contribution in [2.75, 3.05) is 13.4 Å². The molecule has 0 bridgehead atoms. The number of hydrogen-bond acceptors (Lipinski definition) is 6. The maximum atomic E-state index is 13.1. The van der Waals surface area contributed by atoms with Gasteiger partial charge in [-0.15, -0.1) is 0 Å². The number of halogens is 1. The first-order valence-corrected chi connectivity index (χ1v) is 10.3. The van der Waals surface area contributed by atoms with Crippen LogP contribution in [0.2, 0.25) is 0 Å². The summed E-state index contributed by atoms with van der Waals surface area (Å²) >= 11 is 0. The Balaban J connectivity index is 1.31. The number of carbonyl (C=O) groups is 2. The minimum Gasteiger partial charge on any atom is -0.488 e. The van der Waals surface area contributed by atoms with Crippen LogP contribution in [0.25, 0.3) is 0 Å². The Labute approximate surface area is 190 Å². The molecule has 33 heavy (non-hydrogen) atoms. The van der Waals surface area contributed by atoms with E-state index in [9.17, 15) is 14.0 Å². The van der Waals surface area contributed by atoms with E-state index in [2.05, 4.69) is 5.32 Å². The van der Waals surface area contributed by atoms with Crippen molar-refractivity contribution in [2.45, 2.75) is 19.6 Å². The van der Waals surface area contributed by atoms with E-state index in [1.54, 1.807) is 48.5 Å². The third-order valence-electron chi connectivity index (χ3n) is 5.02. The molecule has 0 saturated carbocycles. The van der Waals surface area contributed by atoms with Gasteiger partial charge in [0.1, 0.15) is 23.7 Å². The van der Waals surface area contributed by atoms with Crippen molar-refractivity contribution in [3.63, 3.8) is 0 Å². The molecule has 8 heteroatoms. The van der Waals surface area contributed by atoms with Crippen molar-refractivity contribution in [3.8, 4) is 17.2 Å². The lowest BCUT2D eigenvalue weighted by atomic mass is 10.1. The molecule has 1 aliphatic heterocycles. The molecule has 3 aromatic carbocycles. The molecule has 0 aromatic heterocycles. The highest BCUT2D eigenvalue weighted by atomic mass is 19.1. The Morgan fingerprint density at radius 3 is 2.61 bits per heavy atom. The predicted octanol–water partition coefficient (Wildman–Crippen LogP) is 4.17. The highest BCUT2D eigenvalue weighted by Crippen LogP contribution is 2.34. The molecule has 1 aliphatic rings. The van der Waals surface area contributed by atoms with Gasteiger partial charge >= 0.3 is 5.97 Å². The second-order valence-electron chi connectivity index (χ2n) is 7.39. The highest BCUT2D eigenvalue weighted by molar-refractivity contribution is 5.94. The summed E-state index contributed by atoms with van der Waals surface area (Å²) in [5.74, 6) is 0.118. The number of hydrogen-bond donors (Lipinski definition) is 1. The maximum Gasteiger partial charge on any atom is 0.342 e. The van der Waals surface area contributed by atoms with Crippen LogP contribution in [0.4, 0.5) is 4.39 Å². The van der Waals surface area contributed by atoms with E-state index in [1.807, 2.05) is 13.0 Å². The van der Waals surface area contributed by atoms with Crippen LogP contribution in [0.1, 0.15) is 34.5 Å². The fraction of sp³-hybridized carbons (Fsp3) is 0.200. The lowest BCUT2D eigenvalue weighted by molar-refractivity contribution is -0.124. The number of carbonyl (C=O) groups excluding carboxylic acids is 2. The van der Waals surface area contributed by atoms with Crippen LogP contribution in [0.3, 0.4) is 0 Å². The monoisotopic (exact) mass is 451 g/mol. The first-order valence-electron chi connectivity index (χ1n) is 10.3. The summed E-state index contributed by atoms with van der Waals surface area (Å²) in [7, 11) is 0. The predicted molar refractivity (Wildman–Crippen MR) is 117 cm³/mol. The van der Waals surface area contributed by atoms with Crippen LogP contribution >= 0.6 is 0 Å². The topological polar surface area (TPSA) is 83.1 Å². The van der Waals surface area contributed by atoms with Crippen molar-refractivity contribution >= 4 is 11.9 Å². The summed E-state index contributed by atoms with van der Waals surface area (Å²) in [4.78, 5) is 24.9. The zero-order valence-corrected chi connectivity index (χ0v) is 17.9. The quantitative estimate of drug-likeness (QED) is 0.518. The van der Waals surface area contributed by atoms with Gasteiger partial charge in [-0.3, -0.25) is 4.79 Å². The van der Waals surface area contributed by atoms with E-state index < -0.39 is 18.5 Å². The van der Waals surface area contributed by atoms with Gasteiger partial charge in [0.2, 0.25) is 6.79 Å². The van der Waals surface area contributed by atoms with Gasteiger partial charge in [0.05, 0.1) is 6.04 Å². The summed E-state index contributed by atoms with van der Waals surface area (Å²) in [6.45, 7) is 1.69. The standard InChI is InChI=1S/C25H22FNO6/c1-16(18-8-11-22-23(12-18)33-15-32-22)27-24(28)14-31-25(29)20-4-2-3-5-21(20)30-13-17-6-9-19(26)10-7-17/h2-12,16H,13-15H2,1H3,(H,27,28). The highest BCUT2D eigenvalue weighted by Gasteiger charge is 2.19. The number of nitrogens with one attached hydrogen (secondary N) is 1. The number of para-hydroxylation sites is 1. The van der Waals surface area contributed by atoms with Crippen LogP contribution in [0, 0.1) is 5.82 Å². The normalized spacial score (nSPS) is 12.7. The van der Waals surface area contributed by atoms with Crippen molar-refractivity contribution in [3.05, 3.63) is 89.2 Å². The van der Waals surface area contributed by atoms with E-state index in [1.165, 1.54) is 12.1 Å². The average Bonchev–Trinajstić information content (AvgIpc) is 3.30. The third kappa shape index (κ3) is 5.60. The Hall–Kier alpha value is -4.07. The van der Waals surface area contributed by atoms with Gasteiger partial charge in [0, 0.05) is 0 Å². The maximum absolute atomic E-state index is 13.1. The number of fused-ring (bicyclic) bond motifs is 1. The third-order valence-corrected chi connectivity index (χ3v) is 5.02. The van der Waals surface area contributed by atoms with Crippen LogP contribution in [-0.4, -0.2) is 25.3 Å². The van der Waals surface area contributed by atoms with Crippen LogP contribution in [-0.2, 0) is 16.1 Å². The van der Waals surface area contributed by atoms with E-state index in [-0.39, 0.29) is 30.8 Å². The minimum atomic E-state index is -0.685. The molecule has 3 aromatic rings. The minimum absolute atomic E-state index is 0.151. The Kier molecular flexibility index (Phi) is 6.73. The number of ether oxygens (including phenoxy) is 4. The number of esters is 1. The van der Waals surface area contributed by atoms with Crippen molar-refractivity contribution < 1.29 is 32.9 Å². The fourth-order valence-corrected chi connectivity index (χ4v) is 3.26. The molecule has 1 amide bonds. The van der Waals surface area contributed by atoms with Crippen molar-refractivity contribution in [1.82, 2.24) is 5.32 Å². The molecule has 4 rings (SSSR count). The molecule has 0 radical (unpaired) electrons. The molecule has 170 valence electrons. The van der Waals surface area contributed by atoms with Gasteiger partial charge in [0.15, 0.2) is 18.1 Å². The van der Waals surface area contributed by atoms with E-state index in [0.29, 0.717) is 17.2 Å².